The number of nitrogens with zero attached hydrogens (tertiary/aromatic N) is 2. The number of aryl methyl sites for hydroxylation is 1. The molecular formula is C12H19N3O. The van der Waals surface area contributed by atoms with Gasteiger partial charge in [-0.3, -0.25) is 0 Å². The van der Waals surface area contributed by atoms with Crippen LogP contribution in [0.1, 0.15) is 44.0 Å². The van der Waals surface area contributed by atoms with Gasteiger partial charge in [0, 0.05) is 17.4 Å². The topological polar surface area (TPSA) is 58.0 Å². The molecule has 1 heterocycles. The van der Waals surface area contributed by atoms with Gasteiger partial charge in [-0.25, -0.2) is 9.97 Å². The van der Waals surface area contributed by atoms with E-state index in [-0.39, 0.29) is 6.10 Å². The van der Waals surface area contributed by atoms with E-state index in [4.69, 9.17) is 0 Å². The second-order valence-corrected chi connectivity index (χ2v) is 4.88. The zero-order chi connectivity index (χ0) is 11.7. The van der Waals surface area contributed by atoms with Gasteiger partial charge >= 0.3 is 0 Å². The summed E-state index contributed by atoms with van der Waals surface area (Å²) in [7, 11) is 0. The predicted molar refractivity (Wildman–Crippen MR) is 63.5 cm³/mol. The fraction of sp³-hybridized carbons (Fsp3) is 0.667. The Morgan fingerprint density at radius 1 is 1.38 bits per heavy atom. The van der Waals surface area contributed by atoms with E-state index in [1.165, 1.54) is 0 Å². The summed E-state index contributed by atoms with van der Waals surface area (Å²) >= 11 is 0. The first-order valence-corrected chi connectivity index (χ1v) is 5.85. The van der Waals surface area contributed by atoms with E-state index in [1.54, 1.807) is 0 Å². The summed E-state index contributed by atoms with van der Waals surface area (Å²) in [6, 6.07) is 2.35. The lowest BCUT2D eigenvalue weighted by Gasteiger charge is -2.32. The molecule has 1 aliphatic rings. The Balaban J connectivity index is 2.08. The average molecular weight is 221 g/mol. The molecule has 1 aliphatic carbocycles. The van der Waals surface area contributed by atoms with Crippen molar-refractivity contribution in [3.8, 4) is 0 Å². The van der Waals surface area contributed by atoms with Gasteiger partial charge in [0.05, 0.1) is 6.10 Å². The van der Waals surface area contributed by atoms with Gasteiger partial charge in [0.15, 0.2) is 0 Å². The molecule has 4 heteroatoms. The minimum absolute atomic E-state index is 0.146. The number of anilines is 1. The molecule has 1 aromatic rings. The van der Waals surface area contributed by atoms with E-state index in [2.05, 4.69) is 29.1 Å². The minimum atomic E-state index is -0.146. The fourth-order valence-electron chi connectivity index (χ4n) is 1.84. The highest BCUT2D eigenvalue weighted by molar-refractivity contribution is 5.31. The van der Waals surface area contributed by atoms with Gasteiger partial charge < -0.3 is 10.4 Å². The Morgan fingerprint density at radius 3 is 2.62 bits per heavy atom. The maximum atomic E-state index is 9.21. The van der Waals surface area contributed by atoms with Gasteiger partial charge in [-0.2, -0.15) is 0 Å². The minimum Gasteiger partial charge on any atom is -0.393 e. The molecule has 1 aromatic heterocycles. The summed E-state index contributed by atoms with van der Waals surface area (Å²) in [4.78, 5) is 8.84. The highest BCUT2D eigenvalue weighted by atomic mass is 16.3. The molecule has 0 aromatic carbocycles. The van der Waals surface area contributed by atoms with Crippen molar-refractivity contribution < 1.29 is 5.11 Å². The molecule has 0 bridgehead atoms. The van der Waals surface area contributed by atoms with Crippen LogP contribution in [0.2, 0.25) is 0 Å². The van der Waals surface area contributed by atoms with Crippen molar-refractivity contribution in [2.45, 2.75) is 51.7 Å². The Hall–Kier alpha value is -1.16. The smallest absolute Gasteiger partial charge is 0.223 e. The summed E-state index contributed by atoms with van der Waals surface area (Å²) in [5, 5.41) is 12.5. The first kappa shape index (κ1) is 11.3. The molecule has 1 fully saturated rings. The molecule has 4 nitrogen and oxygen atoms in total. The van der Waals surface area contributed by atoms with Crippen molar-refractivity contribution in [1.29, 1.82) is 0 Å². The van der Waals surface area contributed by atoms with Crippen LogP contribution in [-0.2, 0) is 0 Å². The lowest BCUT2D eigenvalue weighted by atomic mass is 9.90. The average Bonchev–Trinajstić information content (AvgIpc) is 2.14. The number of aromatic nitrogens is 2. The van der Waals surface area contributed by atoms with E-state index in [0.717, 1.165) is 24.2 Å². The lowest BCUT2D eigenvalue weighted by Crippen LogP contribution is -2.39. The molecule has 0 radical (unpaired) electrons. The van der Waals surface area contributed by atoms with E-state index < -0.39 is 0 Å². The van der Waals surface area contributed by atoms with Crippen LogP contribution in [0.4, 0.5) is 5.95 Å². The lowest BCUT2D eigenvalue weighted by molar-refractivity contribution is 0.0834. The zero-order valence-electron chi connectivity index (χ0n) is 10.1. The van der Waals surface area contributed by atoms with Crippen molar-refractivity contribution in [2.75, 3.05) is 5.32 Å². The standard InChI is InChI=1S/C12H19N3O/c1-7(2)11-4-8(3)13-12(15-11)14-9-5-10(16)6-9/h4,7,9-10,16H,5-6H2,1-3H3,(H,13,14,15). The molecule has 0 atom stereocenters. The number of rotatable bonds is 3. The molecule has 0 unspecified atom stereocenters. The second-order valence-electron chi connectivity index (χ2n) is 4.88. The van der Waals surface area contributed by atoms with Crippen LogP contribution in [0.5, 0.6) is 0 Å². The summed E-state index contributed by atoms with van der Waals surface area (Å²) in [5.41, 5.74) is 2.05. The van der Waals surface area contributed by atoms with E-state index in [1.807, 2.05) is 13.0 Å². The third-order valence-corrected chi connectivity index (χ3v) is 2.91. The highest BCUT2D eigenvalue weighted by Crippen LogP contribution is 2.23. The molecule has 0 saturated heterocycles. The summed E-state index contributed by atoms with van der Waals surface area (Å²) in [5.74, 6) is 1.11. The third kappa shape index (κ3) is 2.50. The van der Waals surface area contributed by atoms with Gasteiger partial charge in [0.25, 0.3) is 0 Å². The molecule has 1 saturated carbocycles. The maximum absolute atomic E-state index is 9.21. The monoisotopic (exact) mass is 221 g/mol. The number of aliphatic hydroxyl groups excluding tert-OH is 1. The molecule has 0 aliphatic heterocycles. The molecule has 2 rings (SSSR count). The quantitative estimate of drug-likeness (QED) is 0.817. The van der Waals surface area contributed by atoms with Crippen LogP contribution >= 0.6 is 0 Å². The molecule has 0 spiro atoms. The van der Waals surface area contributed by atoms with Crippen LogP contribution in [0.3, 0.4) is 0 Å². The Labute approximate surface area is 96.1 Å². The summed E-state index contributed by atoms with van der Waals surface area (Å²) in [6.45, 7) is 6.23. The number of hydrogen-bond donors (Lipinski definition) is 2. The van der Waals surface area contributed by atoms with Crippen LogP contribution < -0.4 is 5.32 Å². The van der Waals surface area contributed by atoms with E-state index in [9.17, 15) is 5.11 Å². The maximum Gasteiger partial charge on any atom is 0.223 e. The molecule has 88 valence electrons. The van der Waals surface area contributed by atoms with Crippen LogP contribution in [0.15, 0.2) is 6.07 Å². The first-order chi connectivity index (χ1) is 7.54. The molecule has 16 heavy (non-hydrogen) atoms. The first-order valence-electron chi connectivity index (χ1n) is 5.85. The van der Waals surface area contributed by atoms with Crippen molar-refractivity contribution >= 4 is 5.95 Å². The van der Waals surface area contributed by atoms with Crippen molar-refractivity contribution in [3.63, 3.8) is 0 Å². The number of aliphatic hydroxyl groups is 1. The van der Waals surface area contributed by atoms with Crippen LogP contribution in [0, 0.1) is 6.92 Å². The van der Waals surface area contributed by atoms with Gasteiger partial charge in [-0.05, 0) is 31.7 Å². The van der Waals surface area contributed by atoms with Gasteiger partial charge in [0.2, 0.25) is 5.95 Å². The number of nitrogens with one attached hydrogen (secondary N) is 1. The normalized spacial score (nSPS) is 24.3. The van der Waals surface area contributed by atoms with Crippen LogP contribution in [-0.4, -0.2) is 27.2 Å². The molecule has 0 amide bonds. The fourth-order valence-corrected chi connectivity index (χ4v) is 1.84. The van der Waals surface area contributed by atoms with Gasteiger partial charge in [0.1, 0.15) is 0 Å². The SMILES string of the molecule is Cc1cc(C(C)C)nc(NC2CC(O)C2)n1. The summed E-state index contributed by atoms with van der Waals surface area (Å²) in [6.07, 6.45) is 1.45. The second kappa shape index (κ2) is 4.37. The van der Waals surface area contributed by atoms with Crippen molar-refractivity contribution in [3.05, 3.63) is 17.5 Å². The number of hydrogen-bond acceptors (Lipinski definition) is 4. The van der Waals surface area contributed by atoms with E-state index in [0.29, 0.717) is 17.9 Å². The van der Waals surface area contributed by atoms with Gasteiger partial charge in [-0.1, -0.05) is 13.8 Å². The Morgan fingerprint density at radius 2 is 2.06 bits per heavy atom. The Bertz CT molecular complexity index is 373. The summed E-state index contributed by atoms with van der Waals surface area (Å²) < 4.78 is 0. The van der Waals surface area contributed by atoms with Crippen LogP contribution in [0.25, 0.3) is 0 Å². The largest absolute Gasteiger partial charge is 0.393 e. The van der Waals surface area contributed by atoms with Crippen molar-refractivity contribution in [2.24, 2.45) is 0 Å². The predicted octanol–water partition coefficient (Wildman–Crippen LogP) is 1.84. The molecular weight excluding hydrogens is 202 g/mol. The van der Waals surface area contributed by atoms with Crippen molar-refractivity contribution in [1.82, 2.24) is 9.97 Å². The highest BCUT2D eigenvalue weighted by Gasteiger charge is 2.27. The Kier molecular flexibility index (Phi) is 3.10. The van der Waals surface area contributed by atoms with E-state index >= 15 is 0 Å². The van der Waals surface area contributed by atoms with Gasteiger partial charge in [-0.15, -0.1) is 0 Å². The molecule has 2 N–H and O–H groups in total. The zero-order valence-corrected chi connectivity index (χ0v) is 10.1. The third-order valence-electron chi connectivity index (χ3n) is 2.91.